The van der Waals surface area contributed by atoms with Gasteiger partial charge in [-0.05, 0) is 31.2 Å². The molecule has 5 nitrogen and oxygen atoms in total. The molecule has 21 heavy (non-hydrogen) atoms. The summed E-state index contributed by atoms with van der Waals surface area (Å²) in [7, 11) is 0. The summed E-state index contributed by atoms with van der Waals surface area (Å²) in [4.78, 5) is 12.2. The highest BCUT2D eigenvalue weighted by molar-refractivity contribution is 5.82. The molecule has 116 valence electrons. The van der Waals surface area contributed by atoms with E-state index in [-0.39, 0.29) is 12.5 Å². The molecule has 0 spiro atoms. The molecule has 0 saturated carbocycles. The van der Waals surface area contributed by atoms with Gasteiger partial charge in [0.1, 0.15) is 0 Å². The van der Waals surface area contributed by atoms with Gasteiger partial charge in [-0.3, -0.25) is 4.79 Å². The van der Waals surface area contributed by atoms with Gasteiger partial charge in [-0.2, -0.15) is 0 Å². The normalized spacial score (nSPS) is 19.0. The first-order valence-corrected chi connectivity index (χ1v) is 7.45. The zero-order valence-electron chi connectivity index (χ0n) is 12.3. The van der Waals surface area contributed by atoms with Gasteiger partial charge in [0.2, 0.25) is 5.91 Å². The molecule has 1 unspecified atom stereocenters. The molecule has 0 radical (unpaired) electrons. The molecule has 1 aliphatic heterocycles. The number of carbonyl (C=O) groups is 1. The van der Waals surface area contributed by atoms with Crippen LogP contribution in [0.5, 0.6) is 0 Å². The fourth-order valence-electron chi connectivity index (χ4n) is 2.54. The quantitative estimate of drug-likeness (QED) is 0.717. The van der Waals surface area contributed by atoms with E-state index in [0.717, 1.165) is 6.42 Å². The second-order valence-corrected chi connectivity index (χ2v) is 5.67. The third-order valence-electron chi connectivity index (χ3n) is 4.06. The summed E-state index contributed by atoms with van der Waals surface area (Å²) in [5, 5.41) is 12.5. The van der Waals surface area contributed by atoms with Crippen molar-refractivity contribution >= 4 is 5.91 Å². The smallest absolute Gasteiger partial charge is 0.237 e. The number of carbonyl (C=O) groups excluding carboxylic acids is 1. The fraction of sp³-hybridized carbons (Fsp3) is 0.562. The zero-order chi connectivity index (χ0) is 15.1. The Bertz CT molecular complexity index is 444. The molecular weight excluding hydrogens is 268 g/mol. The highest BCUT2D eigenvalue weighted by atomic mass is 16.5. The number of aryl methyl sites for hydroxylation is 1. The Kier molecular flexibility index (Phi) is 5.73. The molecule has 4 N–H and O–H groups in total. The number of hydrogen-bond acceptors (Lipinski definition) is 4. The van der Waals surface area contributed by atoms with E-state index in [1.165, 1.54) is 5.56 Å². The van der Waals surface area contributed by atoms with E-state index in [0.29, 0.717) is 32.5 Å². The Labute approximate surface area is 125 Å². The number of aliphatic hydroxyl groups excluding tert-OH is 1. The Morgan fingerprint density at radius 2 is 2.00 bits per heavy atom. The van der Waals surface area contributed by atoms with E-state index in [1.807, 2.05) is 30.3 Å². The minimum absolute atomic E-state index is 0.0759. The maximum absolute atomic E-state index is 12.2. The first-order valence-electron chi connectivity index (χ1n) is 7.45. The summed E-state index contributed by atoms with van der Waals surface area (Å²) in [6.45, 7) is 1.04. The van der Waals surface area contributed by atoms with Crippen molar-refractivity contribution in [2.75, 3.05) is 19.8 Å². The second-order valence-electron chi connectivity index (χ2n) is 5.67. The highest BCUT2D eigenvalue weighted by Crippen LogP contribution is 2.20. The summed E-state index contributed by atoms with van der Waals surface area (Å²) in [5.74, 6) is -0.193. The standard InChI is InChI=1S/C16H24N2O3/c17-14(7-6-13-4-2-1-3-5-13)15(20)18-16(12-19)8-10-21-11-9-16/h1-5,14,19H,6-12,17H2,(H,18,20). The number of ether oxygens (including phenoxy) is 1. The first-order chi connectivity index (χ1) is 10.2. The lowest BCUT2D eigenvalue weighted by molar-refractivity contribution is -0.126. The van der Waals surface area contributed by atoms with Crippen LogP contribution in [-0.2, 0) is 16.0 Å². The van der Waals surface area contributed by atoms with E-state index in [9.17, 15) is 9.90 Å². The van der Waals surface area contributed by atoms with Crippen molar-refractivity contribution in [1.29, 1.82) is 0 Å². The minimum Gasteiger partial charge on any atom is -0.394 e. The van der Waals surface area contributed by atoms with Crippen LogP contribution in [0.15, 0.2) is 30.3 Å². The largest absolute Gasteiger partial charge is 0.394 e. The lowest BCUT2D eigenvalue weighted by Crippen LogP contribution is -2.58. The molecule has 1 aromatic rings. The average molecular weight is 292 g/mol. The third kappa shape index (κ3) is 4.52. The van der Waals surface area contributed by atoms with Gasteiger partial charge in [0.25, 0.3) is 0 Å². The Morgan fingerprint density at radius 3 is 2.62 bits per heavy atom. The number of rotatable bonds is 6. The molecule has 1 aliphatic rings. The number of nitrogens with one attached hydrogen (secondary N) is 1. The number of nitrogens with two attached hydrogens (primary N) is 1. The van der Waals surface area contributed by atoms with Crippen molar-refractivity contribution in [3.8, 4) is 0 Å². The number of benzene rings is 1. The van der Waals surface area contributed by atoms with Gasteiger partial charge >= 0.3 is 0 Å². The predicted octanol–water partition coefficient (Wildman–Crippen LogP) is 0.604. The van der Waals surface area contributed by atoms with Crippen LogP contribution < -0.4 is 11.1 Å². The molecule has 1 fully saturated rings. The van der Waals surface area contributed by atoms with Crippen molar-refractivity contribution in [2.45, 2.75) is 37.3 Å². The molecule has 0 bridgehead atoms. The fourth-order valence-corrected chi connectivity index (χ4v) is 2.54. The van der Waals surface area contributed by atoms with Crippen LogP contribution in [0.2, 0.25) is 0 Å². The molecule has 2 rings (SSSR count). The van der Waals surface area contributed by atoms with Crippen LogP contribution in [0.25, 0.3) is 0 Å². The molecule has 0 aliphatic carbocycles. The maximum Gasteiger partial charge on any atom is 0.237 e. The second kappa shape index (κ2) is 7.54. The summed E-state index contributed by atoms with van der Waals surface area (Å²) in [5.41, 5.74) is 6.57. The third-order valence-corrected chi connectivity index (χ3v) is 4.06. The Hall–Kier alpha value is -1.43. The molecule has 0 aromatic heterocycles. The van der Waals surface area contributed by atoms with Crippen LogP contribution >= 0.6 is 0 Å². The van der Waals surface area contributed by atoms with E-state index >= 15 is 0 Å². The average Bonchev–Trinajstić information content (AvgIpc) is 2.54. The van der Waals surface area contributed by atoms with Gasteiger partial charge in [-0.1, -0.05) is 30.3 Å². The van der Waals surface area contributed by atoms with Gasteiger partial charge in [0.15, 0.2) is 0 Å². The minimum atomic E-state index is -0.570. The molecule has 1 saturated heterocycles. The monoisotopic (exact) mass is 292 g/mol. The summed E-state index contributed by atoms with van der Waals surface area (Å²) < 4.78 is 5.28. The lowest BCUT2D eigenvalue weighted by Gasteiger charge is -2.37. The van der Waals surface area contributed by atoms with Crippen LogP contribution in [-0.4, -0.2) is 42.4 Å². The van der Waals surface area contributed by atoms with Crippen molar-refractivity contribution in [3.63, 3.8) is 0 Å². The summed E-state index contributed by atoms with van der Waals surface area (Å²) in [6.07, 6.45) is 2.61. The predicted molar refractivity (Wildman–Crippen MR) is 80.8 cm³/mol. The van der Waals surface area contributed by atoms with Gasteiger partial charge in [0.05, 0.1) is 18.2 Å². The van der Waals surface area contributed by atoms with Crippen molar-refractivity contribution in [2.24, 2.45) is 5.73 Å². The van der Waals surface area contributed by atoms with E-state index in [1.54, 1.807) is 0 Å². The molecule has 1 heterocycles. The van der Waals surface area contributed by atoms with Crippen molar-refractivity contribution in [3.05, 3.63) is 35.9 Å². The summed E-state index contributed by atoms with van der Waals surface area (Å²) >= 11 is 0. The van der Waals surface area contributed by atoms with E-state index in [2.05, 4.69) is 5.32 Å². The molecular formula is C16H24N2O3. The number of aliphatic hydroxyl groups is 1. The SMILES string of the molecule is NC(CCc1ccccc1)C(=O)NC1(CO)CCOCC1. The highest BCUT2D eigenvalue weighted by Gasteiger charge is 2.34. The maximum atomic E-state index is 12.2. The van der Waals surface area contributed by atoms with Crippen molar-refractivity contribution in [1.82, 2.24) is 5.32 Å². The van der Waals surface area contributed by atoms with E-state index in [4.69, 9.17) is 10.5 Å². The van der Waals surface area contributed by atoms with Crippen LogP contribution in [0, 0.1) is 0 Å². The summed E-state index contributed by atoms with van der Waals surface area (Å²) in [6, 6.07) is 9.41. The van der Waals surface area contributed by atoms with Crippen LogP contribution in [0.1, 0.15) is 24.8 Å². The zero-order valence-corrected chi connectivity index (χ0v) is 12.3. The van der Waals surface area contributed by atoms with Gasteiger partial charge in [0, 0.05) is 13.2 Å². The lowest BCUT2D eigenvalue weighted by atomic mass is 9.90. The van der Waals surface area contributed by atoms with Crippen LogP contribution in [0.3, 0.4) is 0 Å². The van der Waals surface area contributed by atoms with Crippen molar-refractivity contribution < 1.29 is 14.6 Å². The van der Waals surface area contributed by atoms with Crippen LogP contribution in [0.4, 0.5) is 0 Å². The molecule has 5 heteroatoms. The number of amides is 1. The molecule has 1 amide bonds. The Morgan fingerprint density at radius 1 is 1.33 bits per heavy atom. The number of hydrogen-bond donors (Lipinski definition) is 3. The van der Waals surface area contributed by atoms with Gasteiger partial charge < -0.3 is 20.9 Å². The molecule has 1 aromatic carbocycles. The van der Waals surface area contributed by atoms with E-state index < -0.39 is 11.6 Å². The van der Waals surface area contributed by atoms with Gasteiger partial charge in [-0.15, -0.1) is 0 Å². The first kappa shape index (κ1) is 15.9. The van der Waals surface area contributed by atoms with Gasteiger partial charge in [-0.25, -0.2) is 0 Å². The Balaban J connectivity index is 1.84. The molecule has 1 atom stereocenters. The topological polar surface area (TPSA) is 84.6 Å².